The molecule has 9 nitrogen and oxygen atoms in total. The number of nitro benzene ring substituents is 3. The van der Waals surface area contributed by atoms with Crippen LogP contribution in [-0.2, 0) is 0 Å². The number of rotatable bonds is 5. The quantitative estimate of drug-likeness (QED) is 0.450. The summed E-state index contributed by atoms with van der Waals surface area (Å²) in [5.41, 5.74) is 1.72. The molecule has 0 aromatic heterocycles. The van der Waals surface area contributed by atoms with Gasteiger partial charge in [-0.25, -0.2) is 0 Å². The van der Waals surface area contributed by atoms with Crippen molar-refractivity contribution in [3.63, 3.8) is 0 Å². The Bertz CT molecular complexity index is 1110. The minimum absolute atomic E-state index is 0.0795. The minimum Gasteiger partial charge on any atom is -0.258 e. The van der Waals surface area contributed by atoms with Crippen molar-refractivity contribution < 1.29 is 14.8 Å². The van der Waals surface area contributed by atoms with Gasteiger partial charge in [-0.2, -0.15) is 0 Å². The van der Waals surface area contributed by atoms with Crippen molar-refractivity contribution in [2.75, 3.05) is 0 Å². The average Bonchev–Trinajstić information content (AvgIpc) is 2.67. The van der Waals surface area contributed by atoms with Crippen molar-refractivity contribution in [1.82, 2.24) is 0 Å². The van der Waals surface area contributed by atoms with Gasteiger partial charge in [0.2, 0.25) is 0 Å². The number of hydrogen-bond donors (Lipinski definition) is 0. The number of non-ortho nitro benzene ring substituents is 2. The second kappa shape index (κ2) is 7.23. The van der Waals surface area contributed by atoms with Crippen molar-refractivity contribution in [3.05, 3.63) is 96.6 Å². The van der Waals surface area contributed by atoms with Gasteiger partial charge >= 0.3 is 0 Å². The van der Waals surface area contributed by atoms with Crippen LogP contribution in [0.25, 0.3) is 22.3 Å². The lowest BCUT2D eigenvalue weighted by Gasteiger charge is -2.11. The van der Waals surface area contributed by atoms with Gasteiger partial charge in [-0.05, 0) is 41.8 Å². The third kappa shape index (κ3) is 3.40. The monoisotopic (exact) mass is 379 g/mol. The molecule has 0 atom stereocenters. The van der Waals surface area contributed by atoms with E-state index >= 15 is 0 Å². The highest BCUT2D eigenvalue weighted by molar-refractivity contribution is 5.83. The topological polar surface area (TPSA) is 129 Å². The fraction of sp³-hybridized carbons (Fsp3) is 0.0526. The highest BCUT2D eigenvalue weighted by Gasteiger charge is 2.23. The van der Waals surface area contributed by atoms with Crippen molar-refractivity contribution in [2.45, 2.75) is 6.92 Å². The van der Waals surface area contributed by atoms with Crippen LogP contribution in [0.5, 0.6) is 0 Å². The average molecular weight is 379 g/mol. The molecule has 0 spiro atoms. The molecule has 140 valence electrons. The Morgan fingerprint density at radius 1 is 0.643 bits per heavy atom. The van der Waals surface area contributed by atoms with Gasteiger partial charge in [0.25, 0.3) is 17.1 Å². The largest absolute Gasteiger partial charge is 0.280 e. The Kier molecular flexibility index (Phi) is 4.82. The summed E-state index contributed by atoms with van der Waals surface area (Å²) in [6.45, 7) is 1.58. The van der Waals surface area contributed by atoms with Gasteiger partial charge in [0, 0.05) is 29.8 Å². The first-order chi connectivity index (χ1) is 13.3. The van der Waals surface area contributed by atoms with Gasteiger partial charge < -0.3 is 0 Å². The van der Waals surface area contributed by atoms with Crippen LogP contribution in [-0.4, -0.2) is 14.8 Å². The van der Waals surface area contributed by atoms with Crippen LogP contribution in [0.15, 0.2) is 60.7 Å². The molecule has 0 radical (unpaired) electrons. The molecular formula is C19H13N3O6. The Morgan fingerprint density at radius 2 is 1.25 bits per heavy atom. The fourth-order valence-electron chi connectivity index (χ4n) is 3.03. The maximum absolute atomic E-state index is 11.7. The fourth-order valence-corrected chi connectivity index (χ4v) is 3.03. The minimum atomic E-state index is -0.562. The molecule has 3 aromatic rings. The lowest BCUT2D eigenvalue weighted by atomic mass is 9.93. The second-order valence-electron chi connectivity index (χ2n) is 6.00. The summed E-state index contributed by atoms with van der Waals surface area (Å²) in [6, 6.07) is 14.5. The molecule has 0 saturated heterocycles. The Hall–Kier alpha value is -4.14. The van der Waals surface area contributed by atoms with Gasteiger partial charge in [0.05, 0.1) is 20.3 Å². The smallest absolute Gasteiger partial charge is 0.258 e. The zero-order valence-corrected chi connectivity index (χ0v) is 14.6. The Balaban J connectivity index is 2.16. The van der Waals surface area contributed by atoms with Crippen LogP contribution >= 0.6 is 0 Å². The summed E-state index contributed by atoms with van der Waals surface area (Å²) in [6.07, 6.45) is 0. The molecule has 0 aliphatic rings. The molecule has 0 N–H and O–H groups in total. The van der Waals surface area contributed by atoms with E-state index in [1.807, 2.05) is 0 Å². The van der Waals surface area contributed by atoms with E-state index in [0.29, 0.717) is 22.3 Å². The molecule has 0 fully saturated rings. The summed E-state index contributed by atoms with van der Waals surface area (Å²) < 4.78 is 0. The molecule has 28 heavy (non-hydrogen) atoms. The van der Waals surface area contributed by atoms with Crippen molar-refractivity contribution >= 4 is 17.1 Å². The van der Waals surface area contributed by atoms with Crippen molar-refractivity contribution in [3.8, 4) is 22.3 Å². The predicted octanol–water partition coefficient (Wildman–Crippen LogP) is 5.05. The Labute approximate surface area is 158 Å². The zero-order chi connectivity index (χ0) is 20.4. The van der Waals surface area contributed by atoms with Crippen molar-refractivity contribution in [1.29, 1.82) is 0 Å². The van der Waals surface area contributed by atoms with Gasteiger partial charge in [0.1, 0.15) is 0 Å². The number of benzene rings is 3. The lowest BCUT2D eigenvalue weighted by Crippen LogP contribution is -1.98. The second-order valence-corrected chi connectivity index (χ2v) is 6.00. The summed E-state index contributed by atoms with van der Waals surface area (Å²) in [7, 11) is 0. The summed E-state index contributed by atoms with van der Waals surface area (Å²) in [5, 5.41) is 33.6. The zero-order valence-electron chi connectivity index (χ0n) is 14.6. The third-order valence-corrected chi connectivity index (χ3v) is 4.37. The highest BCUT2D eigenvalue weighted by atomic mass is 16.6. The number of hydrogen-bond acceptors (Lipinski definition) is 6. The van der Waals surface area contributed by atoms with Crippen LogP contribution in [0.1, 0.15) is 5.56 Å². The van der Waals surface area contributed by atoms with E-state index in [2.05, 4.69) is 0 Å². The van der Waals surface area contributed by atoms with Crippen LogP contribution in [0.3, 0.4) is 0 Å². The van der Waals surface area contributed by atoms with Crippen LogP contribution < -0.4 is 0 Å². The molecule has 0 aliphatic carbocycles. The number of nitrogens with zero attached hydrogens (tertiary/aromatic N) is 3. The predicted molar refractivity (Wildman–Crippen MR) is 102 cm³/mol. The molecule has 0 unspecified atom stereocenters. The van der Waals surface area contributed by atoms with E-state index in [0.717, 1.165) is 0 Å². The van der Waals surface area contributed by atoms with E-state index < -0.39 is 14.8 Å². The first-order valence-electron chi connectivity index (χ1n) is 8.07. The highest BCUT2D eigenvalue weighted by Crippen LogP contribution is 2.39. The van der Waals surface area contributed by atoms with Crippen LogP contribution in [0, 0.1) is 37.3 Å². The Morgan fingerprint density at radius 3 is 1.82 bits per heavy atom. The first-order valence-corrected chi connectivity index (χ1v) is 8.07. The third-order valence-electron chi connectivity index (χ3n) is 4.37. The number of nitro groups is 3. The van der Waals surface area contributed by atoms with Gasteiger partial charge in [-0.3, -0.25) is 30.3 Å². The van der Waals surface area contributed by atoms with Gasteiger partial charge in [-0.15, -0.1) is 0 Å². The summed E-state index contributed by atoms with van der Waals surface area (Å²) >= 11 is 0. The SMILES string of the molecule is Cc1c(-c2ccc([N+](=O)[O-])cc2)ccc(-c2cccc([N+](=O)[O-])c2)c1[N+](=O)[O-]. The molecular weight excluding hydrogens is 366 g/mol. The van der Waals surface area contributed by atoms with Crippen molar-refractivity contribution in [2.24, 2.45) is 0 Å². The normalized spacial score (nSPS) is 10.5. The standard InChI is InChI=1S/C19H13N3O6/c1-12-17(13-5-7-15(8-6-13)20(23)24)9-10-18(19(12)22(27)28)14-3-2-4-16(11-14)21(25)26/h2-11H,1H3. The maximum atomic E-state index is 11.7. The molecule has 0 aliphatic heterocycles. The van der Waals surface area contributed by atoms with Gasteiger partial charge in [-0.1, -0.05) is 18.2 Å². The summed E-state index contributed by atoms with van der Waals surface area (Å²) in [5.74, 6) is 0. The maximum Gasteiger partial charge on any atom is 0.280 e. The van der Waals surface area contributed by atoms with Crippen LogP contribution in [0.4, 0.5) is 17.1 Å². The van der Waals surface area contributed by atoms with E-state index in [1.165, 1.54) is 48.5 Å². The first kappa shape index (κ1) is 18.6. The van der Waals surface area contributed by atoms with E-state index in [9.17, 15) is 30.3 Å². The molecule has 9 heteroatoms. The lowest BCUT2D eigenvalue weighted by molar-refractivity contribution is -0.385. The molecule has 0 amide bonds. The molecule has 0 bridgehead atoms. The molecule has 3 aromatic carbocycles. The molecule has 0 heterocycles. The molecule has 3 rings (SSSR count). The summed E-state index contributed by atoms with van der Waals surface area (Å²) in [4.78, 5) is 31.9. The van der Waals surface area contributed by atoms with Gasteiger partial charge in [0.15, 0.2) is 0 Å². The molecule has 0 saturated carbocycles. The van der Waals surface area contributed by atoms with E-state index in [4.69, 9.17) is 0 Å². The van der Waals surface area contributed by atoms with Crippen LogP contribution in [0.2, 0.25) is 0 Å². The van der Waals surface area contributed by atoms with E-state index in [1.54, 1.807) is 19.1 Å². The van der Waals surface area contributed by atoms with E-state index in [-0.39, 0.29) is 22.6 Å².